The molecule has 176 valence electrons. The maximum Gasteiger partial charge on any atom is 0.349 e. The van der Waals surface area contributed by atoms with Crippen molar-refractivity contribution in [3.05, 3.63) is 45.9 Å². The average molecular weight is 480 g/mol. The number of halogens is 1. The number of aromatic nitrogens is 1. The highest BCUT2D eigenvalue weighted by atomic mass is 35.5. The fourth-order valence-corrected chi connectivity index (χ4v) is 5.68. The van der Waals surface area contributed by atoms with Crippen molar-refractivity contribution in [3.63, 3.8) is 0 Å². The van der Waals surface area contributed by atoms with E-state index in [1.807, 2.05) is 24.3 Å². The lowest BCUT2D eigenvalue weighted by atomic mass is 9.91. The molecule has 1 aromatic heterocycles. The molecule has 0 bridgehead atoms. The van der Waals surface area contributed by atoms with Crippen LogP contribution in [0.15, 0.2) is 30.5 Å². The van der Waals surface area contributed by atoms with Crippen LogP contribution in [0.2, 0.25) is 0 Å². The molecule has 1 heterocycles. The molecule has 0 spiro atoms. The second kappa shape index (κ2) is 12.6. The molecule has 1 aliphatic rings. The predicted octanol–water partition coefficient (Wildman–Crippen LogP) is 6.19. The topological polar surface area (TPSA) is 68.7 Å². The molecular weight excluding hydrogens is 446 g/mol. The number of nitrogens with zero attached hydrogens (tertiary/aromatic N) is 1. The number of hydrogen-bond donors (Lipinski definition) is 1. The Balaban J connectivity index is 1.49. The lowest BCUT2D eigenvalue weighted by Gasteiger charge is -2.22. The Morgan fingerprint density at radius 3 is 2.97 bits per heavy atom. The van der Waals surface area contributed by atoms with Crippen LogP contribution in [0.25, 0.3) is 0 Å². The quantitative estimate of drug-likeness (QED) is 0.290. The first-order chi connectivity index (χ1) is 15.5. The number of aryl methyl sites for hydroxylation is 1. The zero-order valence-corrected chi connectivity index (χ0v) is 20.5. The monoisotopic (exact) mass is 479 g/mol. The fourth-order valence-electron chi connectivity index (χ4n) is 4.40. The molecule has 0 amide bonds. The van der Waals surface area contributed by atoms with E-state index in [1.165, 1.54) is 18.4 Å². The van der Waals surface area contributed by atoms with Gasteiger partial charge in [-0.2, -0.15) is 0 Å². The van der Waals surface area contributed by atoms with Crippen LogP contribution < -0.4 is 4.74 Å². The van der Waals surface area contributed by atoms with Crippen molar-refractivity contribution in [2.45, 2.75) is 69.8 Å². The minimum Gasteiger partial charge on any atom is -0.493 e. The smallest absolute Gasteiger partial charge is 0.349 e. The van der Waals surface area contributed by atoms with Crippen molar-refractivity contribution < 1.29 is 19.4 Å². The van der Waals surface area contributed by atoms with E-state index in [-0.39, 0.29) is 11.3 Å². The van der Waals surface area contributed by atoms with Gasteiger partial charge in [0.15, 0.2) is 0 Å². The number of alkyl halides is 1. The molecule has 1 fully saturated rings. The number of carbonyl (C=O) groups is 1. The van der Waals surface area contributed by atoms with Crippen molar-refractivity contribution in [2.75, 3.05) is 13.7 Å². The molecule has 0 saturated heterocycles. The van der Waals surface area contributed by atoms with Crippen molar-refractivity contribution in [2.24, 2.45) is 11.8 Å². The van der Waals surface area contributed by atoms with Gasteiger partial charge < -0.3 is 14.6 Å². The summed E-state index contributed by atoms with van der Waals surface area (Å²) in [5.74, 6) is 1.31. The minimum absolute atomic E-state index is 0.129. The van der Waals surface area contributed by atoms with E-state index in [2.05, 4.69) is 11.9 Å². The number of ether oxygens (including phenoxy) is 2. The van der Waals surface area contributed by atoms with Crippen LogP contribution in [-0.2, 0) is 11.2 Å². The second-order valence-corrected chi connectivity index (χ2v) is 10.2. The number of aliphatic hydroxyl groups is 1. The van der Waals surface area contributed by atoms with Crippen molar-refractivity contribution in [3.8, 4) is 5.75 Å². The molecule has 32 heavy (non-hydrogen) atoms. The molecule has 1 saturated carbocycles. The van der Waals surface area contributed by atoms with Gasteiger partial charge in [0.1, 0.15) is 10.6 Å². The Kier molecular flexibility index (Phi) is 9.82. The van der Waals surface area contributed by atoms with Gasteiger partial charge in [0.05, 0.1) is 31.0 Å². The van der Waals surface area contributed by atoms with Gasteiger partial charge in [-0.1, -0.05) is 31.9 Å². The number of unbranched alkanes of at least 4 members (excludes halogenated alkanes) is 1. The van der Waals surface area contributed by atoms with Crippen LogP contribution >= 0.6 is 22.9 Å². The summed E-state index contributed by atoms with van der Waals surface area (Å²) < 4.78 is 10.9. The molecule has 7 heteroatoms. The number of hydrogen-bond acceptors (Lipinski definition) is 6. The Hall–Kier alpha value is -1.63. The lowest BCUT2D eigenvalue weighted by molar-refractivity contribution is 0.0606. The molecular formula is C25H34ClNO4S. The van der Waals surface area contributed by atoms with Gasteiger partial charge in [0.2, 0.25) is 0 Å². The molecule has 5 nitrogen and oxygen atoms in total. The molecule has 3 rings (SSSR count). The first kappa shape index (κ1) is 25.0. The van der Waals surface area contributed by atoms with Crippen molar-refractivity contribution in [1.82, 2.24) is 4.98 Å². The van der Waals surface area contributed by atoms with Gasteiger partial charge in [-0.05, 0) is 62.1 Å². The van der Waals surface area contributed by atoms with Crippen molar-refractivity contribution in [1.29, 1.82) is 0 Å². The van der Waals surface area contributed by atoms with Gasteiger partial charge in [-0.3, -0.25) is 0 Å². The number of esters is 1. The first-order valence-corrected chi connectivity index (χ1v) is 12.8. The molecule has 0 aliphatic heterocycles. The van der Waals surface area contributed by atoms with Crippen LogP contribution in [0.4, 0.5) is 0 Å². The van der Waals surface area contributed by atoms with Crippen LogP contribution in [-0.4, -0.2) is 35.2 Å². The maximum absolute atomic E-state index is 11.6. The third-order valence-corrected chi connectivity index (χ3v) is 7.88. The normalized spacial score (nSPS) is 21.4. The molecule has 3 unspecified atom stereocenters. The van der Waals surface area contributed by atoms with Gasteiger partial charge in [-0.15, -0.1) is 22.9 Å². The Morgan fingerprint density at radius 1 is 1.34 bits per heavy atom. The molecule has 1 aliphatic carbocycles. The zero-order valence-electron chi connectivity index (χ0n) is 19.0. The molecule has 4 atom stereocenters. The maximum atomic E-state index is 11.6. The molecule has 0 radical (unpaired) electrons. The average Bonchev–Trinajstić information content (AvgIpc) is 3.42. The number of rotatable bonds is 12. The lowest BCUT2D eigenvalue weighted by Crippen LogP contribution is -2.23. The van der Waals surface area contributed by atoms with Crippen LogP contribution in [0.1, 0.15) is 78.2 Å². The number of aliphatic hydroxyl groups excluding tert-OH is 1. The van der Waals surface area contributed by atoms with E-state index >= 15 is 0 Å². The van der Waals surface area contributed by atoms with E-state index in [9.17, 15) is 9.90 Å². The standard InChI is InChI=1S/C25H34ClNO4S/c1-3-4-10-22(28)18-8-5-9-19(14-18)31-16-20-17(12-13-21(20)26)7-6-11-24-27-15-23(32-24)25(29)30-2/h5,8-9,14-15,17,20-22,28H,3-4,6-7,10-13,16H2,1-2H3/t17-,20?,21?,22?/m0/s1. The largest absolute Gasteiger partial charge is 0.493 e. The fraction of sp³-hybridized carbons (Fsp3) is 0.600. The Labute approximate surface area is 200 Å². The highest BCUT2D eigenvalue weighted by molar-refractivity contribution is 7.13. The summed E-state index contributed by atoms with van der Waals surface area (Å²) in [6, 6.07) is 7.81. The number of methoxy groups -OCH3 is 1. The number of thiazole rings is 1. The summed E-state index contributed by atoms with van der Waals surface area (Å²) in [6.07, 6.45) is 9.08. The first-order valence-electron chi connectivity index (χ1n) is 11.6. The van der Waals surface area contributed by atoms with Gasteiger partial charge in [0, 0.05) is 11.3 Å². The SMILES string of the molecule is CCCCC(O)c1cccc(OCC2C(Cl)CC[C@@H]2CCCc2ncc(C(=O)OC)s2)c1. The summed E-state index contributed by atoms with van der Waals surface area (Å²) in [7, 11) is 1.39. The van der Waals surface area contributed by atoms with Crippen LogP contribution in [0, 0.1) is 11.8 Å². The second-order valence-electron chi connectivity index (χ2n) is 8.56. The van der Waals surface area contributed by atoms with Crippen LogP contribution in [0.3, 0.4) is 0 Å². The molecule has 2 aromatic rings. The summed E-state index contributed by atoms with van der Waals surface area (Å²) >= 11 is 8.05. The summed E-state index contributed by atoms with van der Waals surface area (Å²) in [6.45, 7) is 2.72. The number of carbonyl (C=O) groups excluding carboxylic acids is 1. The Bertz CT molecular complexity index is 858. The van der Waals surface area contributed by atoms with E-state index in [1.54, 1.807) is 6.20 Å². The minimum atomic E-state index is -0.441. The van der Waals surface area contributed by atoms with E-state index in [0.29, 0.717) is 23.3 Å². The third kappa shape index (κ3) is 6.93. The highest BCUT2D eigenvalue weighted by Gasteiger charge is 2.35. The third-order valence-electron chi connectivity index (χ3n) is 6.31. The van der Waals surface area contributed by atoms with E-state index in [0.717, 1.165) is 67.7 Å². The van der Waals surface area contributed by atoms with Crippen LogP contribution in [0.5, 0.6) is 5.75 Å². The van der Waals surface area contributed by atoms with E-state index in [4.69, 9.17) is 21.1 Å². The van der Waals surface area contributed by atoms with Crippen molar-refractivity contribution >= 4 is 28.9 Å². The van der Waals surface area contributed by atoms with Gasteiger partial charge in [0.25, 0.3) is 0 Å². The zero-order chi connectivity index (χ0) is 22.9. The molecule has 1 N–H and O–H groups in total. The summed E-state index contributed by atoms with van der Waals surface area (Å²) in [4.78, 5) is 16.5. The summed E-state index contributed by atoms with van der Waals surface area (Å²) in [5.41, 5.74) is 0.913. The Morgan fingerprint density at radius 2 is 2.19 bits per heavy atom. The van der Waals surface area contributed by atoms with Gasteiger partial charge in [-0.25, -0.2) is 9.78 Å². The van der Waals surface area contributed by atoms with E-state index < -0.39 is 6.10 Å². The summed E-state index contributed by atoms with van der Waals surface area (Å²) in [5, 5.41) is 11.5. The number of benzene rings is 1. The highest BCUT2D eigenvalue weighted by Crippen LogP contribution is 2.39. The van der Waals surface area contributed by atoms with Gasteiger partial charge >= 0.3 is 5.97 Å². The predicted molar refractivity (Wildman–Crippen MR) is 129 cm³/mol. The molecule has 1 aromatic carbocycles.